The molecule has 0 saturated carbocycles. The normalized spacial score (nSPS) is 10.3. The second kappa shape index (κ2) is 8.61. The number of para-hydroxylation sites is 1. The van der Waals surface area contributed by atoms with Gasteiger partial charge in [-0.2, -0.15) is 8.78 Å². The van der Waals surface area contributed by atoms with Gasteiger partial charge in [0.15, 0.2) is 12.9 Å². The highest BCUT2D eigenvalue weighted by atomic mass is 19.3. The van der Waals surface area contributed by atoms with Gasteiger partial charge < -0.3 is 14.8 Å². The minimum Gasteiger partial charge on any atom is -0.483 e. The molecule has 5 nitrogen and oxygen atoms in total. The van der Waals surface area contributed by atoms with Crippen LogP contribution in [0.15, 0.2) is 48.5 Å². The Kier molecular flexibility index (Phi) is 6.24. The fourth-order valence-electron chi connectivity index (χ4n) is 1.89. The maximum Gasteiger partial charge on any atom is 0.387 e. The van der Waals surface area contributed by atoms with Gasteiger partial charge >= 0.3 is 6.61 Å². The quantitative estimate of drug-likeness (QED) is 0.754. The average molecular weight is 335 g/mol. The van der Waals surface area contributed by atoms with Crippen LogP contribution >= 0.6 is 0 Å². The molecule has 126 valence electrons. The van der Waals surface area contributed by atoms with E-state index in [1.807, 2.05) is 0 Å². The Morgan fingerprint density at radius 3 is 2.50 bits per heavy atom. The van der Waals surface area contributed by atoms with E-state index in [9.17, 15) is 18.4 Å². The van der Waals surface area contributed by atoms with Crippen LogP contribution in [-0.4, -0.2) is 25.4 Å². The van der Waals surface area contributed by atoms with Crippen molar-refractivity contribution >= 4 is 12.2 Å². The van der Waals surface area contributed by atoms with Crippen LogP contribution in [0.4, 0.5) is 8.78 Å². The van der Waals surface area contributed by atoms with E-state index in [0.717, 1.165) is 5.56 Å². The van der Waals surface area contributed by atoms with Gasteiger partial charge in [0, 0.05) is 6.54 Å². The number of amides is 1. The Hall–Kier alpha value is -2.96. The molecular formula is C17H15F2NO4. The molecule has 1 amide bonds. The summed E-state index contributed by atoms with van der Waals surface area (Å²) in [6.45, 7) is -2.90. The molecule has 0 aliphatic heterocycles. The maximum atomic E-state index is 12.0. The van der Waals surface area contributed by atoms with Gasteiger partial charge in [0.1, 0.15) is 11.5 Å². The van der Waals surface area contributed by atoms with Crippen LogP contribution in [0, 0.1) is 0 Å². The van der Waals surface area contributed by atoms with Crippen molar-refractivity contribution < 1.29 is 27.8 Å². The molecule has 0 aliphatic carbocycles. The van der Waals surface area contributed by atoms with E-state index in [0.29, 0.717) is 17.6 Å². The van der Waals surface area contributed by atoms with Crippen LogP contribution in [0.25, 0.3) is 0 Å². The highest BCUT2D eigenvalue weighted by Gasteiger charge is 2.07. The van der Waals surface area contributed by atoms with E-state index in [-0.39, 0.29) is 24.8 Å². The van der Waals surface area contributed by atoms with Gasteiger partial charge in [-0.25, -0.2) is 0 Å². The van der Waals surface area contributed by atoms with Crippen molar-refractivity contribution in [3.8, 4) is 11.5 Å². The lowest BCUT2D eigenvalue weighted by Gasteiger charge is -2.09. The van der Waals surface area contributed by atoms with E-state index in [1.54, 1.807) is 36.4 Å². The van der Waals surface area contributed by atoms with Crippen molar-refractivity contribution in [2.24, 2.45) is 0 Å². The maximum absolute atomic E-state index is 12.0. The summed E-state index contributed by atoms with van der Waals surface area (Å²) in [5.41, 5.74) is 1.08. The second-order valence-electron chi connectivity index (χ2n) is 4.74. The van der Waals surface area contributed by atoms with E-state index >= 15 is 0 Å². The minimum atomic E-state index is -2.87. The molecule has 0 heterocycles. The van der Waals surface area contributed by atoms with Crippen LogP contribution in [0.5, 0.6) is 11.5 Å². The minimum absolute atomic E-state index is 0.0499. The molecule has 7 heteroatoms. The van der Waals surface area contributed by atoms with E-state index in [1.165, 1.54) is 12.1 Å². The standard InChI is InChI=1S/C17H15F2NO4/c18-17(19)24-14-7-5-12(6-8-14)9-20-16(22)11-23-15-4-2-1-3-13(15)10-21/h1-8,10,17H,9,11H2,(H,20,22). The molecule has 0 spiro atoms. The Labute approximate surface area is 137 Å². The van der Waals surface area contributed by atoms with Crippen molar-refractivity contribution in [1.29, 1.82) is 0 Å². The van der Waals surface area contributed by atoms with Gasteiger partial charge in [-0.05, 0) is 29.8 Å². The summed E-state index contributed by atoms with van der Waals surface area (Å²) in [5, 5.41) is 2.63. The van der Waals surface area contributed by atoms with E-state index in [4.69, 9.17) is 4.74 Å². The first-order chi connectivity index (χ1) is 11.6. The smallest absolute Gasteiger partial charge is 0.387 e. The van der Waals surface area contributed by atoms with Crippen LogP contribution in [0.2, 0.25) is 0 Å². The number of hydrogen-bond donors (Lipinski definition) is 1. The summed E-state index contributed by atoms with van der Waals surface area (Å²) < 4.78 is 33.6. The monoisotopic (exact) mass is 335 g/mol. The zero-order valence-corrected chi connectivity index (χ0v) is 12.6. The first-order valence-electron chi connectivity index (χ1n) is 7.06. The fourth-order valence-corrected chi connectivity index (χ4v) is 1.89. The predicted octanol–water partition coefficient (Wildman–Crippen LogP) is 2.80. The molecule has 24 heavy (non-hydrogen) atoms. The van der Waals surface area contributed by atoms with Crippen molar-refractivity contribution in [2.45, 2.75) is 13.2 Å². The first-order valence-corrected chi connectivity index (χ1v) is 7.06. The second-order valence-corrected chi connectivity index (χ2v) is 4.74. The number of alkyl halides is 2. The number of rotatable bonds is 8. The third kappa shape index (κ3) is 5.35. The van der Waals surface area contributed by atoms with Gasteiger partial charge in [0.05, 0.1) is 5.56 Å². The van der Waals surface area contributed by atoms with E-state index < -0.39 is 6.61 Å². The molecule has 0 aliphatic rings. The molecule has 0 atom stereocenters. The fraction of sp³-hybridized carbons (Fsp3) is 0.176. The number of carbonyl (C=O) groups is 2. The van der Waals surface area contributed by atoms with Crippen LogP contribution < -0.4 is 14.8 Å². The first kappa shape index (κ1) is 17.4. The molecule has 1 N–H and O–H groups in total. The number of carbonyl (C=O) groups excluding carboxylic acids is 2. The zero-order chi connectivity index (χ0) is 17.4. The molecule has 0 bridgehead atoms. The molecule has 0 aromatic heterocycles. The average Bonchev–Trinajstić information content (AvgIpc) is 2.59. The van der Waals surface area contributed by atoms with Gasteiger partial charge in [-0.3, -0.25) is 9.59 Å². The Balaban J connectivity index is 1.79. The molecule has 2 aromatic carbocycles. The number of nitrogens with one attached hydrogen (secondary N) is 1. The molecule has 0 radical (unpaired) electrons. The lowest BCUT2D eigenvalue weighted by molar-refractivity contribution is -0.123. The molecule has 0 saturated heterocycles. The largest absolute Gasteiger partial charge is 0.483 e. The summed E-state index contributed by atoms with van der Waals surface area (Å²) in [5.74, 6) is 0.00800. The molecule has 0 fully saturated rings. The summed E-state index contributed by atoms with van der Waals surface area (Å²) in [4.78, 5) is 22.6. The van der Waals surface area contributed by atoms with Crippen molar-refractivity contribution in [3.63, 3.8) is 0 Å². The number of hydrogen-bond acceptors (Lipinski definition) is 4. The molecule has 2 rings (SSSR count). The van der Waals surface area contributed by atoms with Crippen LogP contribution in [0.1, 0.15) is 15.9 Å². The summed E-state index contributed by atoms with van der Waals surface area (Å²) in [6.07, 6.45) is 0.649. The predicted molar refractivity (Wildman–Crippen MR) is 82.2 cm³/mol. The lowest BCUT2D eigenvalue weighted by atomic mass is 10.2. The molecular weight excluding hydrogens is 320 g/mol. The summed E-state index contributed by atoms with van der Waals surface area (Å²) in [6, 6.07) is 12.5. The Morgan fingerprint density at radius 1 is 1.12 bits per heavy atom. The van der Waals surface area contributed by atoms with E-state index in [2.05, 4.69) is 10.1 Å². The van der Waals surface area contributed by atoms with Crippen LogP contribution in [0.3, 0.4) is 0 Å². The summed E-state index contributed by atoms with van der Waals surface area (Å²) in [7, 11) is 0. The molecule has 0 unspecified atom stereocenters. The van der Waals surface area contributed by atoms with Crippen LogP contribution in [-0.2, 0) is 11.3 Å². The zero-order valence-electron chi connectivity index (χ0n) is 12.6. The number of benzene rings is 2. The van der Waals surface area contributed by atoms with Gasteiger partial charge in [-0.1, -0.05) is 24.3 Å². The lowest BCUT2D eigenvalue weighted by Crippen LogP contribution is -2.28. The topological polar surface area (TPSA) is 64.6 Å². The van der Waals surface area contributed by atoms with Gasteiger partial charge in [-0.15, -0.1) is 0 Å². The Morgan fingerprint density at radius 2 is 1.83 bits per heavy atom. The highest BCUT2D eigenvalue weighted by molar-refractivity contribution is 5.80. The van der Waals surface area contributed by atoms with Crippen molar-refractivity contribution in [1.82, 2.24) is 5.32 Å². The highest BCUT2D eigenvalue weighted by Crippen LogP contribution is 2.16. The summed E-state index contributed by atoms with van der Waals surface area (Å²) >= 11 is 0. The third-order valence-electron chi connectivity index (χ3n) is 3.04. The molecule has 2 aromatic rings. The number of aldehydes is 1. The SMILES string of the molecule is O=Cc1ccccc1OCC(=O)NCc1ccc(OC(F)F)cc1. The number of halogens is 2. The van der Waals surface area contributed by atoms with Crippen molar-refractivity contribution in [3.05, 3.63) is 59.7 Å². The Bertz CT molecular complexity index is 689. The van der Waals surface area contributed by atoms with Crippen molar-refractivity contribution in [2.75, 3.05) is 6.61 Å². The number of ether oxygens (including phenoxy) is 2. The third-order valence-corrected chi connectivity index (χ3v) is 3.04. The van der Waals surface area contributed by atoms with Gasteiger partial charge in [0.25, 0.3) is 5.91 Å². The van der Waals surface area contributed by atoms with Gasteiger partial charge in [0.2, 0.25) is 0 Å².